The predicted molar refractivity (Wildman–Crippen MR) is 128 cm³/mol. The molecule has 31 heavy (non-hydrogen) atoms. The SMILES string of the molecule is CC1(C)CC(NC(=S)N(Cc2ccccc2)Cc2ccc3c(c2)OCO3)CC(C)(C)N1. The Labute approximate surface area is 191 Å². The summed E-state index contributed by atoms with van der Waals surface area (Å²) < 4.78 is 11.0. The van der Waals surface area contributed by atoms with Crippen molar-refractivity contribution in [1.82, 2.24) is 15.5 Å². The van der Waals surface area contributed by atoms with E-state index in [1.165, 1.54) is 5.56 Å². The van der Waals surface area contributed by atoms with Crippen molar-refractivity contribution in [2.75, 3.05) is 6.79 Å². The van der Waals surface area contributed by atoms with Crippen molar-refractivity contribution >= 4 is 17.3 Å². The Bertz CT molecular complexity index is 914. The summed E-state index contributed by atoms with van der Waals surface area (Å²) in [5.74, 6) is 1.61. The normalized spacial score (nSPS) is 19.1. The number of nitrogens with zero attached hydrogens (tertiary/aromatic N) is 1. The average molecular weight is 440 g/mol. The molecule has 0 aromatic heterocycles. The third kappa shape index (κ3) is 5.69. The molecule has 0 saturated carbocycles. The lowest BCUT2D eigenvalue weighted by Gasteiger charge is -2.47. The molecule has 0 radical (unpaired) electrons. The second kappa shape index (κ2) is 8.67. The number of piperidine rings is 1. The Morgan fingerprint density at radius 1 is 0.968 bits per heavy atom. The molecular formula is C25H33N3O2S. The predicted octanol–water partition coefficient (Wildman–Crippen LogP) is 4.60. The van der Waals surface area contributed by atoms with Gasteiger partial charge in [-0.25, -0.2) is 0 Å². The van der Waals surface area contributed by atoms with Gasteiger partial charge in [0, 0.05) is 30.2 Å². The zero-order valence-electron chi connectivity index (χ0n) is 18.9. The van der Waals surface area contributed by atoms with E-state index in [1.54, 1.807) is 0 Å². The first kappa shape index (κ1) is 21.9. The number of fused-ring (bicyclic) bond motifs is 1. The Hall–Kier alpha value is -2.31. The van der Waals surface area contributed by atoms with Crippen LogP contribution in [0.4, 0.5) is 0 Å². The van der Waals surface area contributed by atoms with Gasteiger partial charge in [0.15, 0.2) is 16.6 Å². The second-order valence-electron chi connectivity index (χ2n) is 9.98. The van der Waals surface area contributed by atoms with Gasteiger partial charge in [-0.3, -0.25) is 0 Å². The highest BCUT2D eigenvalue weighted by molar-refractivity contribution is 7.80. The van der Waals surface area contributed by atoms with Crippen molar-refractivity contribution in [3.8, 4) is 11.5 Å². The minimum atomic E-state index is 0.0661. The standard InChI is InChI=1S/C25H33N3O2S/c1-24(2)13-20(14-25(3,4)27-24)26-23(31)28(15-18-8-6-5-7-9-18)16-19-10-11-21-22(12-19)30-17-29-21/h5-12,20,27H,13-17H2,1-4H3,(H,26,31). The van der Waals surface area contributed by atoms with Crippen LogP contribution in [0.5, 0.6) is 11.5 Å². The lowest BCUT2D eigenvalue weighted by Crippen LogP contribution is -2.62. The molecule has 4 rings (SSSR count). The molecule has 1 fully saturated rings. The van der Waals surface area contributed by atoms with E-state index in [4.69, 9.17) is 21.7 Å². The van der Waals surface area contributed by atoms with Crippen LogP contribution in [-0.2, 0) is 13.1 Å². The Morgan fingerprint density at radius 3 is 2.32 bits per heavy atom. The lowest BCUT2D eigenvalue weighted by molar-refractivity contribution is 0.153. The molecule has 1 saturated heterocycles. The van der Waals surface area contributed by atoms with E-state index < -0.39 is 0 Å². The summed E-state index contributed by atoms with van der Waals surface area (Å²) in [7, 11) is 0. The lowest BCUT2D eigenvalue weighted by atomic mass is 9.80. The first-order chi connectivity index (χ1) is 14.7. The maximum atomic E-state index is 5.94. The van der Waals surface area contributed by atoms with Crippen molar-refractivity contribution in [2.24, 2.45) is 0 Å². The van der Waals surface area contributed by atoms with Crippen LogP contribution in [0.25, 0.3) is 0 Å². The maximum absolute atomic E-state index is 5.94. The van der Waals surface area contributed by atoms with E-state index >= 15 is 0 Å². The van der Waals surface area contributed by atoms with Crippen LogP contribution >= 0.6 is 12.2 Å². The molecule has 6 heteroatoms. The molecule has 2 aliphatic heterocycles. The van der Waals surface area contributed by atoms with Crippen LogP contribution in [0.15, 0.2) is 48.5 Å². The zero-order chi connectivity index (χ0) is 22.1. The fourth-order valence-electron chi connectivity index (χ4n) is 4.95. The van der Waals surface area contributed by atoms with E-state index in [0.717, 1.165) is 41.6 Å². The molecule has 2 aliphatic rings. The maximum Gasteiger partial charge on any atom is 0.231 e. The highest BCUT2D eigenvalue weighted by Crippen LogP contribution is 2.33. The summed E-state index contributed by atoms with van der Waals surface area (Å²) in [4.78, 5) is 2.24. The average Bonchev–Trinajstić information content (AvgIpc) is 3.13. The number of nitrogens with one attached hydrogen (secondary N) is 2. The monoisotopic (exact) mass is 439 g/mol. The van der Waals surface area contributed by atoms with Gasteiger partial charge in [-0.2, -0.15) is 0 Å². The quantitative estimate of drug-likeness (QED) is 0.664. The Balaban J connectivity index is 1.51. The van der Waals surface area contributed by atoms with Gasteiger partial charge in [0.1, 0.15) is 0 Å². The van der Waals surface area contributed by atoms with Gasteiger partial charge < -0.3 is 25.0 Å². The van der Waals surface area contributed by atoms with Crippen LogP contribution in [-0.4, -0.2) is 33.9 Å². The first-order valence-electron chi connectivity index (χ1n) is 11.0. The van der Waals surface area contributed by atoms with Crippen LogP contribution in [0, 0.1) is 0 Å². The van der Waals surface area contributed by atoms with Crippen molar-refractivity contribution < 1.29 is 9.47 Å². The third-order valence-electron chi connectivity index (χ3n) is 5.83. The van der Waals surface area contributed by atoms with E-state index in [1.807, 2.05) is 12.1 Å². The summed E-state index contributed by atoms with van der Waals surface area (Å²) in [6.07, 6.45) is 2.06. The van der Waals surface area contributed by atoms with E-state index in [2.05, 4.69) is 79.6 Å². The van der Waals surface area contributed by atoms with Crippen molar-refractivity contribution in [3.63, 3.8) is 0 Å². The first-order valence-corrected chi connectivity index (χ1v) is 11.4. The van der Waals surface area contributed by atoms with Gasteiger partial charge in [0.25, 0.3) is 0 Å². The fourth-order valence-corrected chi connectivity index (χ4v) is 5.25. The van der Waals surface area contributed by atoms with Crippen LogP contribution in [0.3, 0.4) is 0 Å². The molecule has 2 aromatic carbocycles. The van der Waals surface area contributed by atoms with Gasteiger partial charge in [0.05, 0.1) is 0 Å². The zero-order valence-corrected chi connectivity index (χ0v) is 19.7. The van der Waals surface area contributed by atoms with Gasteiger partial charge in [-0.15, -0.1) is 0 Å². The highest BCUT2D eigenvalue weighted by atomic mass is 32.1. The number of hydrogen-bond donors (Lipinski definition) is 2. The number of rotatable bonds is 5. The van der Waals surface area contributed by atoms with E-state index in [0.29, 0.717) is 12.6 Å². The molecule has 166 valence electrons. The van der Waals surface area contributed by atoms with Crippen molar-refractivity contribution in [2.45, 2.75) is 70.7 Å². The minimum Gasteiger partial charge on any atom is -0.454 e. The number of thiocarbonyl (C=S) groups is 1. The number of hydrogen-bond acceptors (Lipinski definition) is 4. The molecule has 0 aliphatic carbocycles. The van der Waals surface area contributed by atoms with E-state index in [9.17, 15) is 0 Å². The van der Waals surface area contributed by atoms with Crippen molar-refractivity contribution in [1.29, 1.82) is 0 Å². The van der Waals surface area contributed by atoms with Gasteiger partial charge in [-0.1, -0.05) is 36.4 Å². The largest absolute Gasteiger partial charge is 0.454 e. The smallest absolute Gasteiger partial charge is 0.231 e. The van der Waals surface area contributed by atoms with Crippen LogP contribution in [0.2, 0.25) is 0 Å². The molecule has 2 aromatic rings. The summed E-state index contributed by atoms with van der Waals surface area (Å²) in [5.41, 5.74) is 2.52. The third-order valence-corrected chi connectivity index (χ3v) is 6.21. The summed E-state index contributed by atoms with van der Waals surface area (Å²) in [5, 5.41) is 8.22. The molecule has 0 bridgehead atoms. The molecule has 0 amide bonds. The van der Waals surface area contributed by atoms with Gasteiger partial charge in [0.2, 0.25) is 6.79 Å². The summed E-state index contributed by atoms with van der Waals surface area (Å²) in [6, 6.07) is 16.9. The topological polar surface area (TPSA) is 45.8 Å². The van der Waals surface area contributed by atoms with Gasteiger partial charge in [-0.05, 0) is 76.0 Å². The minimum absolute atomic E-state index is 0.0661. The molecule has 2 heterocycles. The molecule has 2 N–H and O–H groups in total. The molecule has 0 spiro atoms. The molecular weight excluding hydrogens is 406 g/mol. The summed E-state index contributed by atoms with van der Waals surface area (Å²) in [6.45, 7) is 10.8. The number of benzene rings is 2. The van der Waals surface area contributed by atoms with E-state index in [-0.39, 0.29) is 17.9 Å². The highest BCUT2D eigenvalue weighted by Gasteiger charge is 2.38. The van der Waals surface area contributed by atoms with Crippen molar-refractivity contribution in [3.05, 3.63) is 59.7 Å². The van der Waals surface area contributed by atoms with Gasteiger partial charge >= 0.3 is 0 Å². The molecule has 0 unspecified atom stereocenters. The Morgan fingerprint density at radius 2 is 1.61 bits per heavy atom. The second-order valence-corrected chi connectivity index (χ2v) is 10.4. The van der Waals surface area contributed by atoms with Crippen LogP contribution < -0.4 is 20.1 Å². The Kier molecular flexibility index (Phi) is 6.13. The summed E-state index contributed by atoms with van der Waals surface area (Å²) >= 11 is 5.94. The fraction of sp³-hybridized carbons (Fsp3) is 0.480. The van der Waals surface area contributed by atoms with Crippen LogP contribution in [0.1, 0.15) is 51.7 Å². The molecule has 0 atom stereocenters. The molecule has 5 nitrogen and oxygen atoms in total. The number of ether oxygens (including phenoxy) is 2.